The van der Waals surface area contributed by atoms with Crippen molar-refractivity contribution in [3.63, 3.8) is 0 Å². The standard InChI is InChI=1S/C9H9ClFN.ClH/c10-7-2-1-5(3-8(7)11)6-4-9(6)12;/h1-3,6,9H,4,12H2;1H/t6-,9+;/m0./s1. The van der Waals surface area contributed by atoms with E-state index in [1.54, 1.807) is 6.07 Å². The SMILES string of the molecule is Cl.N[C@@H]1C[C@H]1c1ccc(Cl)c(F)c1. The molecule has 0 aliphatic heterocycles. The smallest absolute Gasteiger partial charge is 0.142 e. The molecule has 0 saturated heterocycles. The van der Waals surface area contributed by atoms with Gasteiger partial charge >= 0.3 is 0 Å². The summed E-state index contributed by atoms with van der Waals surface area (Å²) in [4.78, 5) is 0. The molecular weight excluding hydrogens is 212 g/mol. The lowest BCUT2D eigenvalue weighted by atomic mass is 10.1. The summed E-state index contributed by atoms with van der Waals surface area (Å²) >= 11 is 5.54. The third-order valence-electron chi connectivity index (χ3n) is 2.21. The molecule has 2 rings (SSSR count). The molecule has 4 heteroatoms. The Morgan fingerprint density at radius 2 is 2.08 bits per heavy atom. The molecule has 0 unspecified atom stereocenters. The number of rotatable bonds is 1. The Labute approximate surface area is 87.5 Å². The van der Waals surface area contributed by atoms with Gasteiger partial charge in [0, 0.05) is 12.0 Å². The molecular formula is C9H10Cl2FN. The number of benzene rings is 1. The molecule has 0 radical (unpaired) electrons. The Kier molecular flexibility index (Phi) is 3.17. The summed E-state index contributed by atoms with van der Waals surface area (Å²) in [7, 11) is 0. The van der Waals surface area contributed by atoms with Crippen LogP contribution in [0.2, 0.25) is 5.02 Å². The molecule has 0 heterocycles. The second-order valence-electron chi connectivity index (χ2n) is 3.18. The highest BCUT2D eigenvalue weighted by Gasteiger charge is 2.34. The first-order chi connectivity index (χ1) is 5.68. The van der Waals surface area contributed by atoms with Crippen LogP contribution in [-0.4, -0.2) is 6.04 Å². The van der Waals surface area contributed by atoms with Crippen molar-refractivity contribution >= 4 is 24.0 Å². The van der Waals surface area contributed by atoms with Gasteiger partial charge in [0.25, 0.3) is 0 Å². The molecule has 0 amide bonds. The molecule has 2 N–H and O–H groups in total. The van der Waals surface area contributed by atoms with E-state index < -0.39 is 0 Å². The van der Waals surface area contributed by atoms with Crippen molar-refractivity contribution in [3.05, 3.63) is 34.6 Å². The van der Waals surface area contributed by atoms with Gasteiger partial charge in [-0.25, -0.2) is 4.39 Å². The lowest BCUT2D eigenvalue weighted by Gasteiger charge is -1.99. The highest BCUT2D eigenvalue weighted by atomic mass is 35.5. The second kappa shape index (κ2) is 3.82. The molecule has 1 aliphatic rings. The van der Waals surface area contributed by atoms with Crippen molar-refractivity contribution in [2.24, 2.45) is 5.73 Å². The molecule has 72 valence electrons. The van der Waals surface area contributed by atoms with Crippen LogP contribution in [0.25, 0.3) is 0 Å². The number of hydrogen-bond donors (Lipinski definition) is 1. The van der Waals surface area contributed by atoms with Crippen molar-refractivity contribution in [2.75, 3.05) is 0 Å². The van der Waals surface area contributed by atoms with Crippen LogP contribution in [0.5, 0.6) is 0 Å². The Morgan fingerprint density at radius 1 is 1.46 bits per heavy atom. The highest BCUT2D eigenvalue weighted by molar-refractivity contribution is 6.30. The van der Waals surface area contributed by atoms with Gasteiger partial charge in [-0.2, -0.15) is 0 Å². The van der Waals surface area contributed by atoms with E-state index in [1.807, 2.05) is 6.07 Å². The quantitative estimate of drug-likeness (QED) is 0.776. The van der Waals surface area contributed by atoms with Gasteiger partial charge in [0.1, 0.15) is 5.82 Å². The normalized spacial score (nSPS) is 25.2. The average Bonchev–Trinajstić information content (AvgIpc) is 2.73. The number of halogens is 3. The predicted octanol–water partition coefficient (Wildman–Crippen LogP) is 2.72. The molecule has 1 aromatic carbocycles. The van der Waals surface area contributed by atoms with E-state index >= 15 is 0 Å². The third kappa shape index (κ3) is 2.13. The van der Waals surface area contributed by atoms with Gasteiger partial charge < -0.3 is 5.73 Å². The molecule has 13 heavy (non-hydrogen) atoms. The number of hydrogen-bond acceptors (Lipinski definition) is 1. The summed E-state index contributed by atoms with van der Waals surface area (Å²) in [5.74, 6) is -0.00923. The van der Waals surface area contributed by atoms with Crippen LogP contribution >= 0.6 is 24.0 Å². The number of nitrogens with two attached hydrogens (primary N) is 1. The summed E-state index contributed by atoms with van der Waals surface area (Å²) in [6.45, 7) is 0. The predicted molar refractivity (Wildman–Crippen MR) is 54.0 cm³/mol. The maximum Gasteiger partial charge on any atom is 0.142 e. The topological polar surface area (TPSA) is 26.0 Å². The zero-order valence-corrected chi connectivity index (χ0v) is 8.41. The first kappa shape index (κ1) is 10.8. The largest absolute Gasteiger partial charge is 0.327 e. The zero-order valence-electron chi connectivity index (χ0n) is 6.84. The van der Waals surface area contributed by atoms with E-state index in [-0.39, 0.29) is 29.3 Å². The monoisotopic (exact) mass is 221 g/mol. The lowest BCUT2D eigenvalue weighted by molar-refractivity contribution is 0.625. The van der Waals surface area contributed by atoms with E-state index in [9.17, 15) is 4.39 Å². The minimum atomic E-state index is -0.353. The van der Waals surface area contributed by atoms with E-state index in [1.165, 1.54) is 6.07 Å². The Hall–Kier alpha value is -0.310. The van der Waals surface area contributed by atoms with Crippen molar-refractivity contribution in [3.8, 4) is 0 Å². The lowest BCUT2D eigenvalue weighted by Crippen LogP contribution is -2.01. The first-order valence-electron chi connectivity index (χ1n) is 3.89. The molecule has 2 atom stereocenters. The van der Waals surface area contributed by atoms with Gasteiger partial charge in [-0.3, -0.25) is 0 Å². The van der Waals surface area contributed by atoms with Crippen LogP contribution in [-0.2, 0) is 0 Å². The fourth-order valence-electron chi connectivity index (χ4n) is 1.34. The molecule has 1 saturated carbocycles. The summed E-state index contributed by atoms with van der Waals surface area (Å²) < 4.78 is 12.9. The summed E-state index contributed by atoms with van der Waals surface area (Å²) in [6, 6.07) is 5.10. The maximum absolute atomic E-state index is 12.9. The fourth-order valence-corrected chi connectivity index (χ4v) is 1.46. The highest BCUT2D eigenvalue weighted by Crippen LogP contribution is 2.39. The average molecular weight is 222 g/mol. The molecule has 1 aliphatic carbocycles. The zero-order chi connectivity index (χ0) is 8.72. The first-order valence-corrected chi connectivity index (χ1v) is 4.27. The van der Waals surface area contributed by atoms with Crippen molar-refractivity contribution < 1.29 is 4.39 Å². The van der Waals surface area contributed by atoms with E-state index in [2.05, 4.69) is 0 Å². The second-order valence-corrected chi connectivity index (χ2v) is 3.59. The van der Waals surface area contributed by atoms with Gasteiger partial charge in [0.2, 0.25) is 0 Å². The van der Waals surface area contributed by atoms with E-state index in [4.69, 9.17) is 17.3 Å². The van der Waals surface area contributed by atoms with Crippen molar-refractivity contribution in [1.29, 1.82) is 0 Å². The van der Waals surface area contributed by atoms with Gasteiger partial charge in [-0.15, -0.1) is 12.4 Å². The van der Waals surface area contributed by atoms with Crippen LogP contribution in [0.4, 0.5) is 4.39 Å². The molecule has 0 aromatic heterocycles. The molecule has 0 bridgehead atoms. The van der Waals surface area contributed by atoms with Gasteiger partial charge in [-0.1, -0.05) is 17.7 Å². The van der Waals surface area contributed by atoms with Crippen LogP contribution in [0.15, 0.2) is 18.2 Å². The van der Waals surface area contributed by atoms with Crippen LogP contribution in [0.3, 0.4) is 0 Å². The molecule has 0 spiro atoms. The molecule has 1 fully saturated rings. The van der Waals surface area contributed by atoms with E-state index in [0.29, 0.717) is 5.92 Å². The summed E-state index contributed by atoms with van der Waals surface area (Å²) in [5.41, 5.74) is 6.59. The van der Waals surface area contributed by atoms with Crippen LogP contribution in [0.1, 0.15) is 17.9 Å². The summed E-state index contributed by atoms with van der Waals surface area (Å²) in [6.07, 6.45) is 0.959. The third-order valence-corrected chi connectivity index (χ3v) is 2.52. The molecule has 1 aromatic rings. The maximum atomic E-state index is 12.9. The van der Waals surface area contributed by atoms with Gasteiger partial charge in [0.15, 0.2) is 0 Å². The molecule has 1 nitrogen and oxygen atoms in total. The van der Waals surface area contributed by atoms with E-state index in [0.717, 1.165) is 12.0 Å². The van der Waals surface area contributed by atoms with Gasteiger partial charge in [0.05, 0.1) is 5.02 Å². The van der Waals surface area contributed by atoms with Crippen molar-refractivity contribution in [1.82, 2.24) is 0 Å². The minimum Gasteiger partial charge on any atom is -0.327 e. The Balaban J connectivity index is 0.000000845. The Morgan fingerprint density at radius 3 is 2.54 bits per heavy atom. The summed E-state index contributed by atoms with van der Waals surface area (Å²) in [5, 5.41) is 0.174. The minimum absolute atomic E-state index is 0. The van der Waals surface area contributed by atoms with Crippen molar-refractivity contribution in [2.45, 2.75) is 18.4 Å². The van der Waals surface area contributed by atoms with Crippen LogP contribution < -0.4 is 5.73 Å². The Bertz CT molecular complexity index is 316. The van der Waals surface area contributed by atoms with Gasteiger partial charge in [-0.05, 0) is 24.1 Å². The fraction of sp³-hybridized carbons (Fsp3) is 0.333. The van der Waals surface area contributed by atoms with Crippen LogP contribution in [0, 0.1) is 5.82 Å².